The molecule has 0 aromatic heterocycles. The first-order chi connectivity index (χ1) is 9.74. The maximum atomic E-state index is 12.3. The van der Waals surface area contributed by atoms with Crippen molar-refractivity contribution in [3.05, 3.63) is 35.4 Å². The predicted octanol–water partition coefficient (Wildman–Crippen LogP) is 1.43. The number of carboxylic acid groups (broad SMARTS) is 1. The van der Waals surface area contributed by atoms with Gasteiger partial charge < -0.3 is 5.11 Å². The zero-order valence-corrected chi connectivity index (χ0v) is 12.8. The Hall–Kier alpha value is -1.91. The molecule has 1 rings (SSSR count). The smallest absolute Gasteiger partial charge is 0.318 e. The molecular weight excluding hydrogens is 292 g/mol. The number of nitrogens with zero attached hydrogens (tertiary/aromatic N) is 2. The molecule has 114 valence electrons. The lowest BCUT2D eigenvalue weighted by molar-refractivity contribution is -0.137. The predicted molar refractivity (Wildman–Crippen MR) is 77.8 cm³/mol. The Morgan fingerprint density at radius 2 is 1.90 bits per heavy atom. The molecule has 0 saturated heterocycles. The summed E-state index contributed by atoms with van der Waals surface area (Å²) >= 11 is 0. The van der Waals surface area contributed by atoms with Crippen LogP contribution in [0.15, 0.2) is 24.3 Å². The van der Waals surface area contributed by atoms with Crippen molar-refractivity contribution in [3.8, 4) is 6.07 Å². The third kappa shape index (κ3) is 5.53. The minimum atomic E-state index is -3.72. The van der Waals surface area contributed by atoms with E-state index < -0.39 is 22.5 Å². The van der Waals surface area contributed by atoms with Gasteiger partial charge in [0, 0.05) is 6.54 Å². The van der Waals surface area contributed by atoms with E-state index in [1.807, 2.05) is 19.9 Å². The molecule has 0 heterocycles. The Morgan fingerprint density at radius 1 is 1.33 bits per heavy atom. The molecule has 0 saturated carbocycles. The molecule has 7 heteroatoms. The van der Waals surface area contributed by atoms with Gasteiger partial charge in [0.15, 0.2) is 0 Å². The van der Waals surface area contributed by atoms with Gasteiger partial charge in [-0.15, -0.1) is 0 Å². The van der Waals surface area contributed by atoms with E-state index in [4.69, 9.17) is 10.4 Å². The first-order valence-corrected chi connectivity index (χ1v) is 8.04. The van der Waals surface area contributed by atoms with Crippen LogP contribution in [0.1, 0.15) is 25.0 Å². The van der Waals surface area contributed by atoms with Crippen molar-refractivity contribution in [2.45, 2.75) is 19.6 Å². The van der Waals surface area contributed by atoms with Gasteiger partial charge in [0.1, 0.15) is 6.54 Å². The van der Waals surface area contributed by atoms with Crippen LogP contribution in [0, 0.1) is 17.2 Å². The van der Waals surface area contributed by atoms with E-state index in [0.29, 0.717) is 11.1 Å². The highest BCUT2D eigenvalue weighted by Gasteiger charge is 2.25. The molecule has 0 bridgehead atoms. The Morgan fingerprint density at radius 3 is 2.33 bits per heavy atom. The van der Waals surface area contributed by atoms with E-state index in [1.54, 1.807) is 12.1 Å². The highest BCUT2D eigenvalue weighted by Crippen LogP contribution is 2.13. The van der Waals surface area contributed by atoms with Crippen molar-refractivity contribution in [1.82, 2.24) is 4.31 Å². The number of nitriles is 1. The van der Waals surface area contributed by atoms with Crippen LogP contribution in [0.2, 0.25) is 0 Å². The molecule has 1 aromatic rings. The van der Waals surface area contributed by atoms with E-state index in [1.165, 1.54) is 12.1 Å². The topological polar surface area (TPSA) is 98.5 Å². The Labute approximate surface area is 124 Å². The van der Waals surface area contributed by atoms with Crippen LogP contribution < -0.4 is 0 Å². The van der Waals surface area contributed by atoms with Crippen LogP contribution in [-0.2, 0) is 20.6 Å². The van der Waals surface area contributed by atoms with Gasteiger partial charge in [-0.1, -0.05) is 26.0 Å². The van der Waals surface area contributed by atoms with Crippen LogP contribution in [-0.4, -0.2) is 36.9 Å². The van der Waals surface area contributed by atoms with Gasteiger partial charge in [0.2, 0.25) is 10.0 Å². The Balaban J connectivity index is 2.94. The molecule has 1 aromatic carbocycles. The monoisotopic (exact) mass is 310 g/mol. The fourth-order valence-electron chi connectivity index (χ4n) is 1.81. The summed E-state index contributed by atoms with van der Waals surface area (Å²) in [6, 6.07) is 8.15. The normalized spacial score (nSPS) is 11.6. The molecule has 0 unspecified atom stereocenters. The third-order valence-electron chi connectivity index (χ3n) is 2.71. The lowest BCUT2D eigenvalue weighted by Crippen LogP contribution is -2.38. The lowest BCUT2D eigenvalue weighted by Gasteiger charge is -2.22. The minimum Gasteiger partial charge on any atom is -0.480 e. The standard InChI is InChI=1S/C14H18N2O4S/c1-11(2)8-16(9-14(17)18)21(19,20)10-13-5-3-12(7-15)4-6-13/h3-6,11H,8-10H2,1-2H3,(H,17,18). The fraction of sp³-hybridized carbons (Fsp3) is 0.429. The second-order valence-electron chi connectivity index (χ2n) is 5.15. The van der Waals surface area contributed by atoms with Gasteiger partial charge in [-0.05, 0) is 23.6 Å². The third-order valence-corrected chi connectivity index (χ3v) is 4.47. The van der Waals surface area contributed by atoms with E-state index >= 15 is 0 Å². The summed E-state index contributed by atoms with van der Waals surface area (Å²) in [6.45, 7) is 3.26. The molecule has 1 N–H and O–H groups in total. The van der Waals surface area contributed by atoms with Gasteiger partial charge in [0.05, 0.1) is 17.4 Å². The van der Waals surface area contributed by atoms with Crippen LogP contribution in [0.5, 0.6) is 0 Å². The molecule has 0 aliphatic heterocycles. The quantitative estimate of drug-likeness (QED) is 0.821. The summed E-state index contributed by atoms with van der Waals surface area (Å²) in [5.74, 6) is -1.43. The summed E-state index contributed by atoms with van der Waals surface area (Å²) in [5.41, 5.74) is 0.967. The average molecular weight is 310 g/mol. The van der Waals surface area contributed by atoms with Gasteiger partial charge >= 0.3 is 5.97 Å². The van der Waals surface area contributed by atoms with Crippen LogP contribution in [0.25, 0.3) is 0 Å². The first kappa shape index (κ1) is 17.1. The van der Waals surface area contributed by atoms with E-state index in [2.05, 4.69) is 0 Å². The molecule has 0 radical (unpaired) electrons. The summed E-state index contributed by atoms with van der Waals surface area (Å²) < 4.78 is 25.6. The largest absolute Gasteiger partial charge is 0.480 e. The maximum absolute atomic E-state index is 12.3. The summed E-state index contributed by atoms with van der Waals surface area (Å²) in [5, 5.41) is 17.6. The van der Waals surface area contributed by atoms with E-state index in [0.717, 1.165) is 4.31 Å². The van der Waals surface area contributed by atoms with Crippen molar-refractivity contribution in [2.24, 2.45) is 5.92 Å². The Kier molecular flexibility index (Phi) is 5.88. The van der Waals surface area contributed by atoms with E-state index in [-0.39, 0.29) is 18.2 Å². The van der Waals surface area contributed by atoms with Crippen molar-refractivity contribution < 1.29 is 18.3 Å². The van der Waals surface area contributed by atoms with Crippen molar-refractivity contribution in [3.63, 3.8) is 0 Å². The molecule has 0 aliphatic rings. The highest BCUT2D eigenvalue weighted by atomic mass is 32.2. The molecule has 0 spiro atoms. The van der Waals surface area contributed by atoms with Crippen molar-refractivity contribution >= 4 is 16.0 Å². The minimum absolute atomic E-state index is 0.0279. The van der Waals surface area contributed by atoms with E-state index in [9.17, 15) is 13.2 Å². The summed E-state index contributed by atoms with van der Waals surface area (Å²) in [4.78, 5) is 10.8. The number of sulfonamides is 1. The van der Waals surface area contributed by atoms with Crippen LogP contribution in [0.4, 0.5) is 0 Å². The number of hydrogen-bond acceptors (Lipinski definition) is 4. The molecule has 0 fully saturated rings. The number of carboxylic acids is 1. The fourth-order valence-corrected chi connectivity index (χ4v) is 3.44. The number of rotatable bonds is 7. The van der Waals surface area contributed by atoms with Gasteiger partial charge in [-0.2, -0.15) is 9.57 Å². The molecule has 21 heavy (non-hydrogen) atoms. The summed E-state index contributed by atoms with van der Waals surface area (Å²) in [6.07, 6.45) is 0. The molecule has 0 aliphatic carbocycles. The van der Waals surface area contributed by atoms with Gasteiger partial charge in [-0.25, -0.2) is 8.42 Å². The zero-order chi connectivity index (χ0) is 16.0. The average Bonchev–Trinajstić information content (AvgIpc) is 2.37. The zero-order valence-electron chi connectivity index (χ0n) is 12.0. The first-order valence-electron chi connectivity index (χ1n) is 6.43. The second-order valence-corrected chi connectivity index (χ2v) is 7.11. The van der Waals surface area contributed by atoms with Crippen molar-refractivity contribution in [2.75, 3.05) is 13.1 Å². The summed E-state index contributed by atoms with van der Waals surface area (Å²) in [7, 11) is -3.72. The van der Waals surface area contributed by atoms with Crippen LogP contribution >= 0.6 is 0 Å². The van der Waals surface area contributed by atoms with Gasteiger partial charge in [0.25, 0.3) is 0 Å². The number of carbonyl (C=O) groups is 1. The maximum Gasteiger partial charge on any atom is 0.318 e. The van der Waals surface area contributed by atoms with Crippen molar-refractivity contribution in [1.29, 1.82) is 5.26 Å². The van der Waals surface area contributed by atoms with Gasteiger partial charge in [-0.3, -0.25) is 4.79 Å². The number of benzene rings is 1. The number of hydrogen-bond donors (Lipinski definition) is 1. The van der Waals surface area contributed by atoms with Crippen LogP contribution in [0.3, 0.4) is 0 Å². The molecule has 0 amide bonds. The number of aliphatic carboxylic acids is 1. The molecular formula is C14H18N2O4S. The lowest BCUT2D eigenvalue weighted by atomic mass is 10.2. The molecule has 0 atom stereocenters. The molecule has 6 nitrogen and oxygen atoms in total. The Bertz CT molecular complexity index is 630. The SMILES string of the molecule is CC(C)CN(CC(=O)O)S(=O)(=O)Cc1ccc(C#N)cc1. The second kappa shape index (κ2) is 7.20. The highest BCUT2D eigenvalue weighted by molar-refractivity contribution is 7.88.